The summed E-state index contributed by atoms with van der Waals surface area (Å²) in [6.45, 7) is 0.345. The van der Waals surface area contributed by atoms with Crippen LogP contribution in [0.15, 0.2) is 48.5 Å². The molecule has 1 fully saturated rings. The molecule has 0 saturated carbocycles. The van der Waals surface area contributed by atoms with Gasteiger partial charge in [0, 0.05) is 24.2 Å². The van der Waals surface area contributed by atoms with E-state index in [0.29, 0.717) is 49.3 Å². The number of rotatable bonds is 5. The summed E-state index contributed by atoms with van der Waals surface area (Å²) in [5.41, 5.74) is -3.82. The normalized spacial score (nSPS) is 15.7. The van der Waals surface area contributed by atoms with Crippen molar-refractivity contribution in [3.63, 3.8) is 0 Å². The molecule has 1 atom stereocenters. The average molecular weight is 630 g/mol. The van der Waals surface area contributed by atoms with Crippen molar-refractivity contribution in [3.8, 4) is 28.7 Å². The van der Waals surface area contributed by atoms with Crippen LogP contribution < -0.4 is 4.74 Å². The van der Waals surface area contributed by atoms with Crippen LogP contribution in [0.1, 0.15) is 42.1 Å². The third kappa shape index (κ3) is 6.31. The Hall–Kier alpha value is -4.31. The van der Waals surface area contributed by atoms with Gasteiger partial charge in [-0.25, -0.2) is 26.3 Å². The molecule has 1 aliphatic rings. The smallest absolute Gasteiger partial charge is 0.429 e. The van der Waals surface area contributed by atoms with Crippen molar-refractivity contribution in [1.82, 2.24) is 0 Å². The molecule has 4 aromatic rings. The van der Waals surface area contributed by atoms with Gasteiger partial charge in [0.05, 0.1) is 17.1 Å². The van der Waals surface area contributed by atoms with Crippen molar-refractivity contribution in [1.29, 1.82) is 0 Å². The summed E-state index contributed by atoms with van der Waals surface area (Å²) in [5.74, 6) is -8.11. The molecule has 5 rings (SSSR count). The molecule has 1 unspecified atom stereocenters. The lowest BCUT2D eigenvalue weighted by Gasteiger charge is -2.24. The van der Waals surface area contributed by atoms with E-state index >= 15 is 4.39 Å². The molecule has 4 aromatic carbocycles. The Kier molecular flexibility index (Phi) is 8.24. The molecule has 0 aromatic heterocycles. The third-order valence-corrected chi connectivity index (χ3v) is 6.81. The second kappa shape index (κ2) is 11.6. The third-order valence-electron chi connectivity index (χ3n) is 6.81. The van der Waals surface area contributed by atoms with Crippen LogP contribution in [0, 0.1) is 46.7 Å². The SMILES string of the molecule is Fc1cc(OC(F)(F)c2c(F)cc(C3CCCCO3)cc2F)ccc1-c1cc(F)c2c(F)c(C#CC(F)(F)F)c(F)cc2c1. The minimum Gasteiger partial charge on any atom is -0.429 e. The van der Waals surface area contributed by atoms with E-state index < -0.39 is 86.5 Å². The maximum atomic E-state index is 15.0. The summed E-state index contributed by atoms with van der Waals surface area (Å²) in [4.78, 5) is 0. The van der Waals surface area contributed by atoms with Gasteiger partial charge in [0.25, 0.3) is 0 Å². The minimum atomic E-state index is -5.08. The van der Waals surface area contributed by atoms with Crippen LogP contribution in [-0.2, 0) is 10.8 Å². The molecule has 1 saturated heterocycles. The van der Waals surface area contributed by atoms with Gasteiger partial charge in [-0.2, -0.15) is 22.0 Å². The van der Waals surface area contributed by atoms with Crippen LogP contribution in [0.4, 0.5) is 48.3 Å². The predicted octanol–water partition coefficient (Wildman–Crippen LogP) is 9.63. The van der Waals surface area contributed by atoms with E-state index in [0.717, 1.165) is 31.0 Å². The number of fused-ring (bicyclic) bond motifs is 1. The lowest BCUT2D eigenvalue weighted by molar-refractivity contribution is -0.189. The standard InChI is InChI=1S/C31H17F11O2/c32-21-13-17-9-15(10-23(34)27(17)29(37)20(21)6-7-30(38,39)40)19-5-4-18(14-22(19)33)44-31(41,42)28-24(35)11-16(12-25(28)36)26-3-1-2-8-43-26/h4-5,9-14,26H,1-3,8H2. The monoisotopic (exact) mass is 630 g/mol. The zero-order chi connectivity index (χ0) is 32.0. The van der Waals surface area contributed by atoms with E-state index in [4.69, 9.17) is 4.74 Å². The van der Waals surface area contributed by atoms with E-state index in [2.05, 4.69) is 4.74 Å². The van der Waals surface area contributed by atoms with Crippen molar-refractivity contribution in [2.75, 3.05) is 6.61 Å². The van der Waals surface area contributed by atoms with E-state index in [9.17, 15) is 43.9 Å². The number of benzene rings is 4. The average Bonchev–Trinajstić information content (AvgIpc) is 2.91. The van der Waals surface area contributed by atoms with Gasteiger partial charge in [0.1, 0.15) is 40.4 Å². The first kappa shape index (κ1) is 31.1. The molecule has 0 N–H and O–H groups in total. The molecule has 1 aliphatic heterocycles. The van der Waals surface area contributed by atoms with Crippen molar-refractivity contribution >= 4 is 10.8 Å². The van der Waals surface area contributed by atoms with E-state index in [1.54, 1.807) is 0 Å². The predicted molar refractivity (Wildman–Crippen MR) is 136 cm³/mol. The Labute approximate surface area is 242 Å². The Balaban J connectivity index is 1.44. The highest BCUT2D eigenvalue weighted by Gasteiger charge is 2.42. The van der Waals surface area contributed by atoms with E-state index in [-0.39, 0.29) is 11.1 Å². The molecule has 230 valence electrons. The first-order valence-corrected chi connectivity index (χ1v) is 12.8. The molecular formula is C31H17F11O2. The van der Waals surface area contributed by atoms with Crippen LogP contribution in [0.5, 0.6) is 5.75 Å². The van der Waals surface area contributed by atoms with Gasteiger partial charge in [-0.3, -0.25) is 0 Å². The Morgan fingerprint density at radius 1 is 0.750 bits per heavy atom. The highest BCUT2D eigenvalue weighted by Crippen LogP contribution is 2.39. The fourth-order valence-corrected chi connectivity index (χ4v) is 4.87. The maximum absolute atomic E-state index is 15.0. The second-order valence-corrected chi connectivity index (χ2v) is 9.83. The second-order valence-electron chi connectivity index (χ2n) is 9.83. The highest BCUT2D eigenvalue weighted by atomic mass is 19.4. The van der Waals surface area contributed by atoms with Gasteiger partial charge in [0.15, 0.2) is 5.82 Å². The van der Waals surface area contributed by atoms with Crippen molar-refractivity contribution < 1.29 is 57.8 Å². The quantitative estimate of drug-likeness (QED) is 0.162. The molecular weight excluding hydrogens is 613 g/mol. The molecule has 1 heterocycles. The summed E-state index contributed by atoms with van der Waals surface area (Å²) >= 11 is 0. The fraction of sp³-hybridized carbons (Fsp3) is 0.226. The molecule has 2 nitrogen and oxygen atoms in total. The zero-order valence-electron chi connectivity index (χ0n) is 22.0. The van der Waals surface area contributed by atoms with Crippen LogP contribution >= 0.6 is 0 Å². The largest absolute Gasteiger partial charge is 0.458 e. The van der Waals surface area contributed by atoms with Gasteiger partial charge in [-0.05, 0) is 78.2 Å². The van der Waals surface area contributed by atoms with Crippen molar-refractivity contribution in [2.24, 2.45) is 0 Å². The molecule has 13 heteroatoms. The van der Waals surface area contributed by atoms with Crippen molar-refractivity contribution in [3.05, 3.63) is 100 Å². The van der Waals surface area contributed by atoms with Gasteiger partial charge in [-0.15, -0.1) is 0 Å². The van der Waals surface area contributed by atoms with Gasteiger partial charge in [0.2, 0.25) is 0 Å². The maximum Gasteiger partial charge on any atom is 0.458 e. The Bertz CT molecular complexity index is 1790. The minimum absolute atomic E-state index is 0.0301. The van der Waals surface area contributed by atoms with Crippen LogP contribution in [0.3, 0.4) is 0 Å². The van der Waals surface area contributed by atoms with Gasteiger partial charge < -0.3 is 9.47 Å². The summed E-state index contributed by atoms with van der Waals surface area (Å²) in [6.07, 6.45) is -8.44. The molecule has 0 amide bonds. The lowest BCUT2D eigenvalue weighted by Crippen LogP contribution is -2.26. The molecule has 0 bridgehead atoms. The van der Waals surface area contributed by atoms with E-state index in [1.165, 1.54) is 5.92 Å². The molecule has 44 heavy (non-hydrogen) atoms. The number of alkyl halides is 5. The first-order valence-electron chi connectivity index (χ1n) is 12.8. The molecule has 0 spiro atoms. The number of hydrogen-bond donors (Lipinski definition) is 0. The van der Waals surface area contributed by atoms with Crippen molar-refractivity contribution in [2.45, 2.75) is 37.7 Å². The lowest BCUT2D eigenvalue weighted by atomic mass is 9.98. The highest BCUT2D eigenvalue weighted by molar-refractivity contribution is 5.90. The zero-order valence-corrected chi connectivity index (χ0v) is 22.0. The van der Waals surface area contributed by atoms with Crippen LogP contribution in [0.25, 0.3) is 21.9 Å². The fourth-order valence-electron chi connectivity index (χ4n) is 4.87. The summed E-state index contributed by atoms with van der Waals surface area (Å²) in [5, 5.41) is -1.43. The Morgan fingerprint density at radius 3 is 2.07 bits per heavy atom. The number of ether oxygens (including phenoxy) is 2. The molecule has 0 aliphatic carbocycles. The summed E-state index contributed by atoms with van der Waals surface area (Å²) < 4.78 is 165. The summed E-state index contributed by atoms with van der Waals surface area (Å²) in [6, 6.07) is 5.45. The molecule has 0 radical (unpaired) electrons. The number of hydrogen-bond acceptors (Lipinski definition) is 2. The number of halogens is 11. The van der Waals surface area contributed by atoms with E-state index in [1.807, 2.05) is 0 Å². The topological polar surface area (TPSA) is 18.5 Å². The summed E-state index contributed by atoms with van der Waals surface area (Å²) in [7, 11) is 0. The van der Waals surface area contributed by atoms with Gasteiger partial charge >= 0.3 is 12.3 Å². The Morgan fingerprint density at radius 2 is 1.45 bits per heavy atom. The van der Waals surface area contributed by atoms with Crippen LogP contribution in [-0.4, -0.2) is 12.8 Å². The van der Waals surface area contributed by atoms with Gasteiger partial charge in [-0.1, -0.05) is 5.92 Å². The first-order chi connectivity index (χ1) is 20.6. The van der Waals surface area contributed by atoms with Crippen LogP contribution in [0.2, 0.25) is 0 Å².